The zero-order valence-electron chi connectivity index (χ0n) is 12.0. The number of hydrogen-bond donors (Lipinski definition) is 2. The summed E-state index contributed by atoms with van der Waals surface area (Å²) in [5.74, 6) is 0.287. The van der Waals surface area contributed by atoms with Crippen molar-refractivity contribution in [3.05, 3.63) is 23.8 Å². The molecule has 1 aromatic carbocycles. The second-order valence-corrected chi connectivity index (χ2v) is 5.61. The van der Waals surface area contributed by atoms with E-state index >= 15 is 0 Å². The number of phenols is 2. The molecule has 2 N–H and O–H groups in total. The first-order chi connectivity index (χ1) is 9.11. The summed E-state index contributed by atoms with van der Waals surface area (Å²) >= 11 is 0. The summed E-state index contributed by atoms with van der Waals surface area (Å²) in [5.41, 5.74) is 0.998. The molecule has 2 unspecified atom stereocenters. The highest BCUT2D eigenvalue weighted by Gasteiger charge is 2.25. The smallest absolute Gasteiger partial charge is 0.119 e. The van der Waals surface area contributed by atoms with Crippen molar-refractivity contribution in [2.24, 2.45) is 0 Å². The van der Waals surface area contributed by atoms with Crippen LogP contribution < -0.4 is 0 Å². The normalized spacial score (nSPS) is 22.9. The predicted molar refractivity (Wildman–Crippen MR) is 77.4 cm³/mol. The molecule has 1 heterocycles. The molecule has 3 nitrogen and oxygen atoms in total. The number of rotatable bonds is 3. The van der Waals surface area contributed by atoms with Crippen LogP contribution in [-0.4, -0.2) is 27.7 Å². The summed E-state index contributed by atoms with van der Waals surface area (Å²) in [4.78, 5) is 2.53. The second kappa shape index (κ2) is 6.29. The number of nitrogens with zero attached hydrogens (tertiary/aromatic N) is 1. The minimum atomic E-state index is 0.143. The molecular weight excluding hydrogens is 238 g/mol. The van der Waals surface area contributed by atoms with Crippen molar-refractivity contribution in [1.82, 2.24) is 4.90 Å². The molecule has 1 aromatic rings. The van der Waals surface area contributed by atoms with Gasteiger partial charge in [0.1, 0.15) is 11.5 Å². The van der Waals surface area contributed by atoms with Gasteiger partial charge in [-0.15, -0.1) is 0 Å². The summed E-state index contributed by atoms with van der Waals surface area (Å²) in [6.45, 7) is 5.52. The minimum Gasteiger partial charge on any atom is -0.508 e. The molecular formula is C16H25NO2. The lowest BCUT2D eigenvalue weighted by Gasteiger charge is -2.35. The first-order valence-corrected chi connectivity index (χ1v) is 7.40. The van der Waals surface area contributed by atoms with Gasteiger partial charge in [0.25, 0.3) is 0 Å². The van der Waals surface area contributed by atoms with Gasteiger partial charge in [-0.1, -0.05) is 19.8 Å². The second-order valence-electron chi connectivity index (χ2n) is 5.61. The number of phenolic OH excluding ortho intramolecular Hbond substituents is 2. The molecule has 106 valence electrons. The Morgan fingerprint density at radius 2 is 1.84 bits per heavy atom. The Kier molecular flexibility index (Phi) is 4.70. The standard InChI is InChI=1S/C16H25NO2/c1-3-14-7-5-4-6-8-17(14)12(2)13-9-15(18)11-16(19)10-13/h9-12,14,18-19H,3-8H2,1-2H3. The van der Waals surface area contributed by atoms with E-state index in [4.69, 9.17) is 0 Å². The van der Waals surface area contributed by atoms with Crippen molar-refractivity contribution < 1.29 is 10.2 Å². The lowest BCUT2D eigenvalue weighted by Crippen LogP contribution is -2.36. The molecule has 0 spiro atoms. The molecule has 0 aliphatic carbocycles. The maximum absolute atomic E-state index is 9.64. The largest absolute Gasteiger partial charge is 0.508 e. The van der Waals surface area contributed by atoms with Gasteiger partial charge in [-0.2, -0.15) is 0 Å². The lowest BCUT2D eigenvalue weighted by molar-refractivity contribution is 0.142. The Bertz CT molecular complexity index is 399. The third-order valence-electron chi connectivity index (χ3n) is 4.30. The Labute approximate surface area is 115 Å². The Balaban J connectivity index is 2.22. The van der Waals surface area contributed by atoms with Gasteiger partial charge in [0.15, 0.2) is 0 Å². The lowest BCUT2D eigenvalue weighted by atomic mass is 10.0. The third-order valence-corrected chi connectivity index (χ3v) is 4.30. The van der Waals surface area contributed by atoms with Gasteiger partial charge in [0.2, 0.25) is 0 Å². The van der Waals surface area contributed by atoms with Crippen LogP contribution in [0.4, 0.5) is 0 Å². The number of benzene rings is 1. The number of aromatic hydroxyl groups is 2. The van der Waals surface area contributed by atoms with Crippen LogP contribution in [0.3, 0.4) is 0 Å². The minimum absolute atomic E-state index is 0.143. The molecule has 19 heavy (non-hydrogen) atoms. The van der Waals surface area contributed by atoms with E-state index in [0.717, 1.165) is 18.5 Å². The number of likely N-dealkylation sites (tertiary alicyclic amines) is 1. The van der Waals surface area contributed by atoms with Crippen LogP contribution in [0.1, 0.15) is 57.6 Å². The van der Waals surface area contributed by atoms with E-state index < -0.39 is 0 Å². The average Bonchev–Trinajstić information content (AvgIpc) is 2.61. The predicted octanol–water partition coefficient (Wildman–Crippen LogP) is 3.81. The van der Waals surface area contributed by atoms with E-state index in [-0.39, 0.29) is 17.5 Å². The Morgan fingerprint density at radius 3 is 2.47 bits per heavy atom. The quantitative estimate of drug-likeness (QED) is 0.871. The van der Waals surface area contributed by atoms with E-state index in [2.05, 4.69) is 18.7 Å². The molecule has 1 aliphatic heterocycles. The van der Waals surface area contributed by atoms with E-state index in [1.807, 2.05) is 0 Å². The molecule has 2 atom stereocenters. The zero-order valence-corrected chi connectivity index (χ0v) is 12.0. The van der Waals surface area contributed by atoms with Crippen molar-refractivity contribution in [2.75, 3.05) is 6.54 Å². The van der Waals surface area contributed by atoms with Crippen molar-refractivity contribution in [3.63, 3.8) is 0 Å². The molecule has 1 saturated heterocycles. The molecule has 0 radical (unpaired) electrons. The maximum atomic E-state index is 9.64. The van der Waals surface area contributed by atoms with E-state index in [0.29, 0.717) is 6.04 Å². The van der Waals surface area contributed by atoms with Crippen LogP contribution in [-0.2, 0) is 0 Å². The highest BCUT2D eigenvalue weighted by Crippen LogP contribution is 2.32. The van der Waals surface area contributed by atoms with E-state index in [1.54, 1.807) is 12.1 Å². The van der Waals surface area contributed by atoms with Crippen LogP contribution in [0.2, 0.25) is 0 Å². The van der Waals surface area contributed by atoms with E-state index in [9.17, 15) is 10.2 Å². The van der Waals surface area contributed by atoms with Crippen molar-refractivity contribution in [3.8, 4) is 11.5 Å². The van der Waals surface area contributed by atoms with Gasteiger partial charge in [0, 0.05) is 18.2 Å². The average molecular weight is 263 g/mol. The van der Waals surface area contributed by atoms with Crippen LogP contribution in [0.25, 0.3) is 0 Å². The Morgan fingerprint density at radius 1 is 1.16 bits per heavy atom. The molecule has 2 rings (SSSR count). The van der Waals surface area contributed by atoms with Crippen LogP contribution >= 0.6 is 0 Å². The fourth-order valence-corrected chi connectivity index (χ4v) is 3.20. The Hall–Kier alpha value is -1.22. The molecule has 0 bridgehead atoms. The molecule has 0 saturated carbocycles. The number of hydrogen-bond acceptors (Lipinski definition) is 3. The highest BCUT2D eigenvalue weighted by molar-refractivity contribution is 5.38. The first-order valence-electron chi connectivity index (χ1n) is 7.40. The fourth-order valence-electron chi connectivity index (χ4n) is 3.20. The summed E-state index contributed by atoms with van der Waals surface area (Å²) in [5, 5.41) is 19.3. The van der Waals surface area contributed by atoms with Gasteiger partial charge in [-0.25, -0.2) is 0 Å². The molecule has 1 fully saturated rings. The summed E-state index contributed by atoms with van der Waals surface area (Å²) in [7, 11) is 0. The molecule has 0 aromatic heterocycles. The topological polar surface area (TPSA) is 43.7 Å². The summed E-state index contributed by atoms with van der Waals surface area (Å²) in [6.07, 6.45) is 6.28. The van der Waals surface area contributed by atoms with Crippen LogP contribution in [0, 0.1) is 0 Å². The molecule has 3 heteroatoms. The molecule has 1 aliphatic rings. The SMILES string of the molecule is CCC1CCCCCN1C(C)c1cc(O)cc(O)c1. The monoisotopic (exact) mass is 263 g/mol. The fraction of sp³-hybridized carbons (Fsp3) is 0.625. The zero-order chi connectivity index (χ0) is 13.8. The van der Waals surface area contributed by atoms with Crippen LogP contribution in [0.15, 0.2) is 18.2 Å². The summed E-state index contributed by atoms with van der Waals surface area (Å²) in [6, 6.07) is 5.77. The highest BCUT2D eigenvalue weighted by atomic mass is 16.3. The van der Waals surface area contributed by atoms with Gasteiger partial charge in [-0.05, 0) is 50.4 Å². The first kappa shape index (κ1) is 14.2. The van der Waals surface area contributed by atoms with Crippen molar-refractivity contribution >= 4 is 0 Å². The summed E-state index contributed by atoms with van der Waals surface area (Å²) < 4.78 is 0. The van der Waals surface area contributed by atoms with Crippen molar-refractivity contribution in [2.45, 2.75) is 58.0 Å². The van der Waals surface area contributed by atoms with Gasteiger partial charge < -0.3 is 10.2 Å². The van der Waals surface area contributed by atoms with E-state index in [1.165, 1.54) is 31.7 Å². The van der Waals surface area contributed by atoms with Gasteiger partial charge in [0.05, 0.1) is 0 Å². The molecule has 0 amide bonds. The van der Waals surface area contributed by atoms with Gasteiger partial charge in [-0.3, -0.25) is 4.90 Å². The third kappa shape index (κ3) is 3.41. The van der Waals surface area contributed by atoms with Crippen molar-refractivity contribution in [1.29, 1.82) is 0 Å². The van der Waals surface area contributed by atoms with Gasteiger partial charge >= 0.3 is 0 Å². The maximum Gasteiger partial charge on any atom is 0.119 e. The van der Waals surface area contributed by atoms with Crippen LogP contribution in [0.5, 0.6) is 11.5 Å².